The molecular weight excluding hydrogens is 396 g/mol. The number of carbonyl (C=O) groups excluding carboxylic acids is 2. The van der Waals surface area contributed by atoms with Crippen LogP contribution in [0.2, 0.25) is 0 Å². The van der Waals surface area contributed by atoms with Gasteiger partial charge in [0.1, 0.15) is 5.75 Å². The van der Waals surface area contributed by atoms with E-state index < -0.39 is 0 Å². The van der Waals surface area contributed by atoms with Crippen molar-refractivity contribution in [2.45, 2.75) is 32.6 Å². The first-order chi connectivity index (χ1) is 12.6. The minimum atomic E-state index is -0.386. The van der Waals surface area contributed by atoms with Crippen molar-refractivity contribution in [2.24, 2.45) is 0 Å². The highest BCUT2D eigenvalue weighted by atomic mass is 79.9. The molecule has 0 aliphatic rings. The number of ether oxygens (including phenoxy) is 1. The Bertz CT molecular complexity index is 732. The summed E-state index contributed by atoms with van der Waals surface area (Å²) >= 11 is 3.30. The van der Waals surface area contributed by atoms with Crippen LogP contribution >= 0.6 is 15.9 Å². The molecule has 2 N–H and O–H groups in total. The third kappa shape index (κ3) is 6.52. The highest BCUT2D eigenvalue weighted by molar-refractivity contribution is 9.10. The molecule has 0 atom stereocenters. The average Bonchev–Trinajstić information content (AvgIpc) is 2.66. The predicted molar refractivity (Wildman–Crippen MR) is 105 cm³/mol. The summed E-state index contributed by atoms with van der Waals surface area (Å²) < 4.78 is 6.44. The van der Waals surface area contributed by atoms with Gasteiger partial charge < -0.3 is 4.74 Å². The van der Waals surface area contributed by atoms with Gasteiger partial charge >= 0.3 is 0 Å². The van der Waals surface area contributed by atoms with Crippen molar-refractivity contribution in [1.29, 1.82) is 0 Å². The van der Waals surface area contributed by atoms with Crippen LogP contribution in [0.1, 0.15) is 53.3 Å². The Morgan fingerprint density at radius 2 is 1.62 bits per heavy atom. The van der Waals surface area contributed by atoms with E-state index in [1.165, 1.54) is 12.8 Å². The molecule has 0 bridgehead atoms. The number of halogens is 1. The Hall–Kier alpha value is -2.34. The lowest BCUT2D eigenvalue weighted by molar-refractivity contribution is 0.0846. The van der Waals surface area contributed by atoms with Crippen LogP contribution in [0.15, 0.2) is 53.0 Å². The quantitative estimate of drug-likeness (QED) is 0.490. The van der Waals surface area contributed by atoms with Crippen LogP contribution in [0.25, 0.3) is 0 Å². The molecule has 0 unspecified atom stereocenters. The Morgan fingerprint density at radius 3 is 2.27 bits per heavy atom. The van der Waals surface area contributed by atoms with Crippen LogP contribution < -0.4 is 15.6 Å². The van der Waals surface area contributed by atoms with Crippen molar-refractivity contribution >= 4 is 27.7 Å². The summed E-state index contributed by atoms with van der Waals surface area (Å²) in [6, 6.07) is 13.8. The van der Waals surface area contributed by atoms with E-state index in [2.05, 4.69) is 33.7 Å². The van der Waals surface area contributed by atoms with Crippen LogP contribution in [-0.4, -0.2) is 18.4 Å². The molecule has 6 heteroatoms. The number of nitrogens with one attached hydrogen (secondary N) is 2. The highest BCUT2D eigenvalue weighted by Gasteiger charge is 2.09. The van der Waals surface area contributed by atoms with E-state index in [1.54, 1.807) is 42.5 Å². The molecule has 0 saturated carbocycles. The van der Waals surface area contributed by atoms with Crippen LogP contribution in [-0.2, 0) is 0 Å². The zero-order valence-corrected chi connectivity index (χ0v) is 16.3. The van der Waals surface area contributed by atoms with Crippen molar-refractivity contribution in [3.63, 3.8) is 0 Å². The van der Waals surface area contributed by atoms with Gasteiger partial charge in [-0.05, 0) is 48.9 Å². The maximum absolute atomic E-state index is 12.1. The van der Waals surface area contributed by atoms with Crippen molar-refractivity contribution in [3.05, 3.63) is 64.1 Å². The molecule has 0 aromatic heterocycles. The summed E-state index contributed by atoms with van der Waals surface area (Å²) in [4.78, 5) is 24.1. The summed E-state index contributed by atoms with van der Waals surface area (Å²) in [5.41, 5.74) is 5.70. The van der Waals surface area contributed by atoms with Crippen LogP contribution in [0.3, 0.4) is 0 Å². The largest absolute Gasteiger partial charge is 0.494 e. The molecule has 138 valence electrons. The Morgan fingerprint density at radius 1 is 0.923 bits per heavy atom. The third-order valence-corrected chi connectivity index (χ3v) is 4.25. The SMILES string of the molecule is CCCCCCOc1ccc(C(=O)NNC(=O)c2cccc(Br)c2)cc1. The first-order valence-corrected chi connectivity index (χ1v) is 9.48. The van der Waals surface area contributed by atoms with Crippen molar-refractivity contribution in [3.8, 4) is 5.75 Å². The number of hydrogen-bond acceptors (Lipinski definition) is 3. The van der Waals surface area contributed by atoms with Crippen molar-refractivity contribution in [2.75, 3.05) is 6.61 Å². The topological polar surface area (TPSA) is 67.4 Å². The lowest BCUT2D eigenvalue weighted by Gasteiger charge is -2.09. The molecule has 2 amide bonds. The van der Waals surface area contributed by atoms with E-state index in [1.807, 2.05) is 6.07 Å². The van der Waals surface area contributed by atoms with Gasteiger partial charge in [0.05, 0.1) is 6.61 Å². The molecule has 2 aromatic rings. The molecule has 5 nitrogen and oxygen atoms in total. The fourth-order valence-corrected chi connectivity index (χ4v) is 2.71. The Labute approximate surface area is 162 Å². The number of unbranched alkanes of at least 4 members (excludes halogenated alkanes) is 3. The lowest BCUT2D eigenvalue weighted by atomic mass is 10.2. The fourth-order valence-electron chi connectivity index (χ4n) is 2.31. The highest BCUT2D eigenvalue weighted by Crippen LogP contribution is 2.13. The van der Waals surface area contributed by atoms with Gasteiger partial charge in [-0.1, -0.05) is 48.2 Å². The van der Waals surface area contributed by atoms with Crippen molar-refractivity contribution in [1.82, 2.24) is 10.9 Å². The van der Waals surface area contributed by atoms with Gasteiger partial charge in [-0.25, -0.2) is 0 Å². The van der Waals surface area contributed by atoms with Gasteiger partial charge in [-0.2, -0.15) is 0 Å². The molecule has 0 radical (unpaired) electrons. The van der Waals surface area contributed by atoms with Gasteiger partial charge in [0.25, 0.3) is 11.8 Å². The number of benzene rings is 2. The maximum atomic E-state index is 12.1. The number of carbonyl (C=O) groups is 2. The molecule has 0 heterocycles. The molecule has 0 fully saturated rings. The van der Waals surface area contributed by atoms with E-state index >= 15 is 0 Å². The molecular formula is C20H23BrN2O3. The van der Waals surface area contributed by atoms with E-state index in [0.29, 0.717) is 17.7 Å². The zero-order chi connectivity index (χ0) is 18.8. The second-order valence-electron chi connectivity index (χ2n) is 5.85. The Kier molecular flexibility index (Phi) is 8.15. The molecule has 26 heavy (non-hydrogen) atoms. The standard InChI is InChI=1S/C20H23BrN2O3/c1-2-3-4-5-13-26-18-11-9-15(10-12-18)19(24)22-23-20(25)16-7-6-8-17(21)14-16/h6-12,14H,2-5,13H2,1H3,(H,22,24)(H,23,25). The van der Waals surface area contributed by atoms with Gasteiger partial charge in [0.2, 0.25) is 0 Å². The number of hydrogen-bond donors (Lipinski definition) is 2. The van der Waals surface area contributed by atoms with Gasteiger partial charge in [-0.3, -0.25) is 20.4 Å². The minimum Gasteiger partial charge on any atom is -0.494 e. The average molecular weight is 419 g/mol. The zero-order valence-electron chi connectivity index (χ0n) is 14.8. The van der Waals surface area contributed by atoms with Gasteiger partial charge in [-0.15, -0.1) is 0 Å². The number of amides is 2. The first kappa shape index (κ1) is 20.0. The molecule has 2 rings (SSSR count). The molecule has 0 saturated heterocycles. The van der Waals surface area contributed by atoms with Crippen LogP contribution in [0.5, 0.6) is 5.75 Å². The number of rotatable bonds is 8. The van der Waals surface area contributed by atoms with E-state index in [9.17, 15) is 9.59 Å². The van der Waals surface area contributed by atoms with Gasteiger partial charge in [0, 0.05) is 15.6 Å². The smallest absolute Gasteiger partial charge is 0.269 e. The molecule has 2 aromatic carbocycles. The maximum Gasteiger partial charge on any atom is 0.269 e. The summed E-state index contributed by atoms with van der Waals surface area (Å²) in [5, 5.41) is 0. The summed E-state index contributed by atoms with van der Waals surface area (Å²) in [5.74, 6) is -0.0363. The minimum absolute atomic E-state index is 0.383. The first-order valence-electron chi connectivity index (χ1n) is 8.69. The molecule has 0 aliphatic heterocycles. The summed E-state index contributed by atoms with van der Waals surface area (Å²) in [6.45, 7) is 2.85. The predicted octanol–water partition coefficient (Wildman–Crippen LogP) is 4.48. The Balaban J connectivity index is 1.79. The molecule has 0 spiro atoms. The van der Waals surface area contributed by atoms with E-state index in [0.717, 1.165) is 23.1 Å². The normalized spacial score (nSPS) is 10.2. The van der Waals surface area contributed by atoms with E-state index in [-0.39, 0.29) is 11.8 Å². The monoisotopic (exact) mass is 418 g/mol. The lowest BCUT2D eigenvalue weighted by Crippen LogP contribution is -2.41. The second-order valence-corrected chi connectivity index (χ2v) is 6.77. The van der Waals surface area contributed by atoms with Crippen LogP contribution in [0, 0.1) is 0 Å². The summed E-state index contributed by atoms with van der Waals surface area (Å²) in [6.07, 6.45) is 4.60. The van der Waals surface area contributed by atoms with E-state index in [4.69, 9.17) is 4.74 Å². The molecule has 0 aliphatic carbocycles. The summed E-state index contributed by atoms with van der Waals surface area (Å²) in [7, 11) is 0. The number of hydrazine groups is 1. The second kappa shape index (κ2) is 10.6. The fraction of sp³-hybridized carbons (Fsp3) is 0.300. The van der Waals surface area contributed by atoms with Crippen LogP contribution in [0.4, 0.5) is 0 Å². The third-order valence-electron chi connectivity index (χ3n) is 3.76. The van der Waals surface area contributed by atoms with Crippen molar-refractivity contribution < 1.29 is 14.3 Å². The van der Waals surface area contributed by atoms with Gasteiger partial charge in [0.15, 0.2) is 0 Å².